The normalized spacial score (nSPS) is 10.3. The molecule has 0 fully saturated rings. The lowest BCUT2D eigenvalue weighted by molar-refractivity contribution is 0.103. The Kier molecular flexibility index (Phi) is 4.68. The summed E-state index contributed by atoms with van der Waals surface area (Å²) in [5, 5.41) is 0. The van der Waals surface area contributed by atoms with E-state index in [1.807, 2.05) is 32.0 Å². The molecule has 110 valence electrons. The number of aryl methyl sites for hydroxylation is 2. The lowest BCUT2D eigenvalue weighted by Crippen LogP contribution is -2.06. The number of hydrogen-bond acceptors (Lipinski definition) is 3. The lowest BCUT2D eigenvalue weighted by Gasteiger charge is -2.13. The van der Waals surface area contributed by atoms with Gasteiger partial charge in [-0.15, -0.1) is 0 Å². The highest BCUT2D eigenvalue weighted by Crippen LogP contribution is 2.34. The van der Waals surface area contributed by atoms with Crippen molar-refractivity contribution < 1.29 is 14.3 Å². The molecule has 0 saturated heterocycles. The van der Waals surface area contributed by atoms with Crippen molar-refractivity contribution >= 4 is 21.7 Å². The van der Waals surface area contributed by atoms with Crippen molar-refractivity contribution in [1.82, 2.24) is 0 Å². The molecule has 0 saturated carbocycles. The summed E-state index contributed by atoms with van der Waals surface area (Å²) in [5.74, 6) is 1.05. The fourth-order valence-electron chi connectivity index (χ4n) is 2.31. The van der Waals surface area contributed by atoms with Crippen molar-refractivity contribution in [2.75, 3.05) is 14.2 Å². The van der Waals surface area contributed by atoms with E-state index in [1.165, 1.54) is 0 Å². The molecule has 0 atom stereocenters. The van der Waals surface area contributed by atoms with E-state index in [2.05, 4.69) is 15.9 Å². The molecule has 4 heteroatoms. The van der Waals surface area contributed by atoms with Crippen LogP contribution in [0.5, 0.6) is 11.5 Å². The quantitative estimate of drug-likeness (QED) is 0.772. The third-order valence-corrected chi connectivity index (χ3v) is 3.82. The molecule has 2 aromatic carbocycles. The van der Waals surface area contributed by atoms with Gasteiger partial charge in [0, 0.05) is 16.1 Å². The largest absolute Gasteiger partial charge is 0.497 e. The molecule has 2 rings (SSSR count). The van der Waals surface area contributed by atoms with Crippen molar-refractivity contribution in [2.45, 2.75) is 13.8 Å². The van der Waals surface area contributed by atoms with Crippen molar-refractivity contribution in [3.63, 3.8) is 0 Å². The van der Waals surface area contributed by atoms with Crippen LogP contribution in [0.3, 0.4) is 0 Å². The van der Waals surface area contributed by atoms with Gasteiger partial charge in [0.2, 0.25) is 0 Å². The van der Waals surface area contributed by atoms with E-state index >= 15 is 0 Å². The second kappa shape index (κ2) is 6.31. The fourth-order valence-corrected chi connectivity index (χ4v) is 2.91. The van der Waals surface area contributed by atoms with Gasteiger partial charge in [-0.1, -0.05) is 17.2 Å². The number of halogens is 1. The first kappa shape index (κ1) is 15.6. The topological polar surface area (TPSA) is 35.5 Å². The Hall–Kier alpha value is -1.81. The summed E-state index contributed by atoms with van der Waals surface area (Å²) in [6, 6.07) is 9.27. The summed E-state index contributed by atoms with van der Waals surface area (Å²) >= 11 is 3.43. The van der Waals surface area contributed by atoms with Gasteiger partial charge in [-0.2, -0.15) is 0 Å². The molecule has 3 nitrogen and oxygen atoms in total. The van der Waals surface area contributed by atoms with E-state index in [0.717, 1.165) is 11.1 Å². The van der Waals surface area contributed by atoms with Crippen LogP contribution < -0.4 is 9.47 Å². The Morgan fingerprint density at radius 1 is 0.952 bits per heavy atom. The van der Waals surface area contributed by atoms with Gasteiger partial charge in [-0.3, -0.25) is 4.79 Å². The molecule has 0 radical (unpaired) electrons. The molecular weight excluding hydrogens is 332 g/mol. The molecule has 2 aromatic rings. The Labute approximate surface area is 133 Å². The van der Waals surface area contributed by atoms with Crippen molar-refractivity contribution in [3.8, 4) is 11.5 Å². The zero-order valence-corrected chi connectivity index (χ0v) is 14.1. The van der Waals surface area contributed by atoms with Gasteiger partial charge >= 0.3 is 0 Å². The number of ether oxygens (including phenoxy) is 2. The van der Waals surface area contributed by atoms with Gasteiger partial charge in [0.15, 0.2) is 5.78 Å². The summed E-state index contributed by atoms with van der Waals surface area (Å²) in [4.78, 5) is 12.8. The predicted molar refractivity (Wildman–Crippen MR) is 86.6 cm³/mol. The summed E-state index contributed by atoms with van der Waals surface area (Å²) in [6.07, 6.45) is 0. The molecular formula is C17H17BrO3. The Bertz CT molecular complexity index is 672. The number of hydrogen-bond donors (Lipinski definition) is 0. The van der Waals surface area contributed by atoms with Crippen LogP contribution in [-0.4, -0.2) is 20.0 Å². The average molecular weight is 349 g/mol. The van der Waals surface area contributed by atoms with Gasteiger partial charge in [0.1, 0.15) is 11.5 Å². The third kappa shape index (κ3) is 3.27. The van der Waals surface area contributed by atoms with Crippen LogP contribution in [0, 0.1) is 13.8 Å². The summed E-state index contributed by atoms with van der Waals surface area (Å²) in [5.41, 5.74) is 3.27. The van der Waals surface area contributed by atoms with Gasteiger partial charge in [0.25, 0.3) is 0 Å². The minimum atomic E-state index is -0.0758. The second-order valence-corrected chi connectivity index (χ2v) is 5.75. The molecule has 0 unspecified atom stereocenters. The Morgan fingerprint density at radius 2 is 1.57 bits per heavy atom. The van der Waals surface area contributed by atoms with Gasteiger partial charge < -0.3 is 9.47 Å². The first-order chi connectivity index (χ1) is 9.96. The van der Waals surface area contributed by atoms with E-state index in [-0.39, 0.29) is 5.78 Å². The smallest absolute Gasteiger partial charge is 0.197 e. The lowest BCUT2D eigenvalue weighted by atomic mass is 9.98. The predicted octanol–water partition coefficient (Wildman–Crippen LogP) is 4.31. The molecule has 0 N–H and O–H groups in total. The fraction of sp³-hybridized carbons (Fsp3) is 0.235. The van der Waals surface area contributed by atoms with Crippen molar-refractivity contribution in [2.24, 2.45) is 0 Å². The van der Waals surface area contributed by atoms with Crippen LogP contribution in [0.2, 0.25) is 0 Å². The van der Waals surface area contributed by atoms with Gasteiger partial charge in [0.05, 0.1) is 19.8 Å². The number of methoxy groups -OCH3 is 2. The minimum Gasteiger partial charge on any atom is -0.497 e. The summed E-state index contributed by atoms with van der Waals surface area (Å²) < 4.78 is 11.2. The van der Waals surface area contributed by atoms with Crippen LogP contribution in [0.25, 0.3) is 0 Å². The van der Waals surface area contributed by atoms with Crippen molar-refractivity contribution in [3.05, 3.63) is 57.1 Å². The summed E-state index contributed by atoms with van der Waals surface area (Å²) in [6.45, 7) is 3.95. The number of ketones is 1. The highest BCUT2D eigenvalue weighted by Gasteiger charge is 2.20. The maximum Gasteiger partial charge on any atom is 0.197 e. The third-order valence-electron chi connectivity index (χ3n) is 3.19. The van der Waals surface area contributed by atoms with E-state index in [4.69, 9.17) is 9.47 Å². The SMILES string of the molecule is COc1cc(Br)c(C(=O)c2cc(C)cc(C)c2)c(OC)c1. The highest BCUT2D eigenvalue weighted by molar-refractivity contribution is 9.10. The van der Waals surface area contributed by atoms with Crippen LogP contribution >= 0.6 is 15.9 Å². The first-order valence-corrected chi connectivity index (χ1v) is 7.30. The van der Waals surface area contributed by atoms with E-state index in [9.17, 15) is 4.79 Å². The number of benzene rings is 2. The first-order valence-electron chi connectivity index (χ1n) is 6.50. The average Bonchev–Trinajstić information content (AvgIpc) is 2.44. The van der Waals surface area contributed by atoms with E-state index < -0.39 is 0 Å². The van der Waals surface area contributed by atoms with E-state index in [1.54, 1.807) is 26.4 Å². The molecule has 21 heavy (non-hydrogen) atoms. The molecule has 0 aliphatic heterocycles. The molecule has 0 heterocycles. The molecule has 0 bridgehead atoms. The molecule has 0 amide bonds. The highest BCUT2D eigenvalue weighted by atomic mass is 79.9. The number of carbonyl (C=O) groups is 1. The maximum atomic E-state index is 12.8. The Balaban J connectivity index is 2.57. The molecule has 0 spiro atoms. The maximum absolute atomic E-state index is 12.8. The second-order valence-electron chi connectivity index (χ2n) is 4.89. The zero-order valence-electron chi connectivity index (χ0n) is 12.5. The number of carbonyl (C=O) groups excluding carboxylic acids is 1. The van der Waals surface area contributed by atoms with Crippen molar-refractivity contribution in [1.29, 1.82) is 0 Å². The molecule has 0 aliphatic rings. The van der Waals surface area contributed by atoms with Gasteiger partial charge in [-0.25, -0.2) is 0 Å². The number of rotatable bonds is 4. The van der Waals surface area contributed by atoms with E-state index in [0.29, 0.717) is 27.1 Å². The molecule has 0 aliphatic carbocycles. The minimum absolute atomic E-state index is 0.0758. The summed E-state index contributed by atoms with van der Waals surface area (Å²) in [7, 11) is 3.12. The van der Waals surface area contributed by atoms with Crippen LogP contribution in [0.1, 0.15) is 27.0 Å². The zero-order chi connectivity index (χ0) is 15.6. The Morgan fingerprint density at radius 3 is 2.10 bits per heavy atom. The molecule has 0 aromatic heterocycles. The van der Waals surface area contributed by atoms with Crippen LogP contribution in [0.15, 0.2) is 34.8 Å². The standard InChI is InChI=1S/C17H17BrO3/c1-10-5-11(2)7-12(6-10)17(19)16-14(18)8-13(20-3)9-15(16)21-4/h5-9H,1-4H3. The van der Waals surface area contributed by atoms with Gasteiger partial charge in [-0.05, 0) is 48.0 Å². The van der Waals surface area contributed by atoms with Crippen LogP contribution in [0.4, 0.5) is 0 Å². The monoisotopic (exact) mass is 348 g/mol. The van der Waals surface area contributed by atoms with Crippen LogP contribution in [-0.2, 0) is 0 Å².